The largest absolute Gasteiger partial charge is 0.489 e. The van der Waals surface area contributed by atoms with Gasteiger partial charge in [-0.15, -0.1) is 0 Å². The van der Waals surface area contributed by atoms with E-state index in [2.05, 4.69) is 9.97 Å². The maximum absolute atomic E-state index is 6.08. The van der Waals surface area contributed by atoms with Crippen molar-refractivity contribution >= 4 is 17.4 Å². The van der Waals surface area contributed by atoms with Crippen molar-refractivity contribution in [3.63, 3.8) is 0 Å². The fraction of sp³-hybridized carbons (Fsp3) is 0.231. The van der Waals surface area contributed by atoms with Crippen LogP contribution < -0.4 is 10.5 Å². The molecule has 2 N–H and O–H groups in total. The van der Waals surface area contributed by atoms with Crippen molar-refractivity contribution in [2.24, 2.45) is 0 Å². The average molecular weight is 261 g/mol. The Hall–Kier alpha value is -1.75. The summed E-state index contributed by atoms with van der Waals surface area (Å²) in [4.78, 5) is 9.22. The third-order valence-corrected chi connectivity index (χ3v) is 3.10. The average Bonchev–Trinajstić information content (AvgIpc) is 2.35. The van der Waals surface area contributed by atoms with Crippen molar-refractivity contribution in [1.82, 2.24) is 9.97 Å². The molecule has 0 fully saturated rings. The van der Waals surface area contributed by atoms with E-state index in [0.29, 0.717) is 16.6 Å². The van der Waals surface area contributed by atoms with E-state index in [1.54, 1.807) is 18.5 Å². The Morgan fingerprint density at radius 3 is 2.56 bits per heavy atom. The van der Waals surface area contributed by atoms with Crippen LogP contribution in [0.1, 0.15) is 13.8 Å². The number of aromatic nitrogens is 2. The van der Waals surface area contributed by atoms with E-state index in [4.69, 9.17) is 10.5 Å². The van der Waals surface area contributed by atoms with Gasteiger partial charge in [-0.05, 0) is 43.8 Å². The zero-order valence-corrected chi connectivity index (χ0v) is 11.1. The maximum Gasteiger partial charge on any atom is 0.192 e. The molecule has 2 rings (SSSR count). The maximum atomic E-state index is 6.08. The van der Waals surface area contributed by atoms with Gasteiger partial charge in [-0.25, -0.2) is 9.97 Å². The molecule has 0 spiro atoms. The number of nitrogens with two attached hydrogens (primary N) is 1. The van der Waals surface area contributed by atoms with Crippen LogP contribution in [-0.2, 0) is 0 Å². The second-order valence-corrected chi connectivity index (χ2v) is 4.98. The van der Waals surface area contributed by atoms with Crippen LogP contribution in [0.3, 0.4) is 0 Å². The molecule has 2 aromatic rings. The number of para-hydroxylation sites is 1. The van der Waals surface area contributed by atoms with Gasteiger partial charge >= 0.3 is 0 Å². The Morgan fingerprint density at radius 1 is 1.17 bits per heavy atom. The molecule has 1 aromatic carbocycles. The summed E-state index contributed by atoms with van der Waals surface area (Å²) in [6.07, 6.45) is 3.51. The third-order valence-electron chi connectivity index (χ3n) is 2.13. The van der Waals surface area contributed by atoms with Gasteiger partial charge in [0.05, 0.1) is 11.8 Å². The highest BCUT2D eigenvalue weighted by molar-refractivity contribution is 7.99. The number of nitrogens with zero attached hydrogens (tertiary/aromatic N) is 2. The topological polar surface area (TPSA) is 61.0 Å². The van der Waals surface area contributed by atoms with Gasteiger partial charge in [0.2, 0.25) is 0 Å². The second kappa shape index (κ2) is 5.73. The number of benzene rings is 1. The van der Waals surface area contributed by atoms with Gasteiger partial charge in [0.25, 0.3) is 0 Å². The van der Waals surface area contributed by atoms with Crippen molar-refractivity contribution in [2.45, 2.75) is 30.0 Å². The molecule has 0 saturated carbocycles. The van der Waals surface area contributed by atoms with Crippen LogP contribution in [0.5, 0.6) is 5.75 Å². The molecule has 94 valence electrons. The molecule has 1 aromatic heterocycles. The van der Waals surface area contributed by atoms with Crippen LogP contribution in [-0.4, -0.2) is 16.1 Å². The molecule has 0 radical (unpaired) electrons. The predicted octanol–water partition coefficient (Wildman–Crippen LogP) is 3.00. The molecule has 0 amide bonds. The van der Waals surface area contributed by atoms with E-state index in [1.165, 1.54) is 11.8 Å². The van der Waals surface area contributed by atoms with Gasteiger partial charge in [-0.1, -0.05) is 6.07 Å². The Labute approximate surface area is 111 Å². The number of hydrogen-bond donors (Lipinski definition) is 1. The van der Waals surface area contributed by atoms with Crippen LogP contribution in [0.25, 0.3) is 0 Å². The minimum Gasteiger partial charge on any atom is -0.489 e. The molecule has 0 aliphatic heterocycles. The van der Waals surface area contributed by atoms with Crippen LogP contribution in [0.4, 0.5) is 5.69 Å². The molecule has 5 heteroatoms. The van der Waals surface area contributed by atoms with Gasteiger partial charge in [-0.3, -0.25) is 0 Å². The standard InChI is InChI=1S/C13H15N3OS/c1-9(2)17-10-5-3-6-11(12(10)14)18-13-15-7-4-8-16-13/h3-9H,14H2,1-2H3. The molecule has 4 nitrogen and oxygen atoms in total. The lowest BCUT2D eigenvalue weighted by Gasteiger charge is -2.13. The number of hydrogen-bond acceptors (Lipinski definition) is 5. The van der Waals surface area contributed by atoms with Gasteiger partial charge < -0.3 is 10.5 Å². The van der Waals surface area contributed by atoms with E-state index < -0.39 is 0 Å². The first-order valence-corrected chi connectivity index (χ1v) is 6.48. The Balaban J connectivity index is 2.23. The van der Waals surface area contributed by atoms with Gasteiger partial charge in [-0.2, -0.15) is 0 Å². The molecule has 0 atom stereocenters. The van der Waals surface area contributed by atoms with Crippen molar-refractivity contribution in [3.8, 4) is 5.75 Å². The lowest BCUT2D eigenvalue weighted by molar-refractivity contribution is 0.243. The van der Waals surface area contributed by atoms with Crippen molar-refractivity contribution in [3.05, 3.63) is 36.7 Å². The minimum absolute atomic E-state index is 0.0977. The summed E-state index contributed by atoms with van der Waals surface area (Å²) in [5, 5.41) is 0.672. The zero-order chi connectivity index (χ0) is 13.0. The summed E-state index contributed by atoms with van der Waals surface area (Å²) in [7, 11) is 0. The van der Waals surface area contributed by atoms with E-state index in [1.807, 2.05) is 32.0 Å². The van der Waals surface area contributed by atoms with Gasteiger partial charge in [0.1, 0.15) is 5.75 Å². The van der Waals surface area contributed by atoms with Crippen molar-refractivity contribution in [2.75, 3.05) is 5.73 Å². The Morgan fingerprint density at radius 2 is 1.89 bits per heavy atom. The number of anilines is 1. The summed E-state index contributed by atoms with van der Waals surface area (Å²) in [5.41, 5.74) is 6.71. The zero-order valence-electron chi connectivity index (χ0n) is 10.3. The molecule has 18 heavy (non-hydrogen) atoms. The predicted molar refractivity (Wildman–Crippen MR) is 72.8 cm³/mol. The van der Waals surface area contributed by atoms with Crippen LogP contribution >= 0.6 is 11.8 Å². The smallest absolute Gasteiger partial charge is 0.192 e. The fourth-order valence-electron chi connectivity index (χ4n) is 1.41. The molecular weight excluding hydrogens is 246 g/mol. The lowest BCUT2D eigenvalue weighted by Crippen LogP contribution is -2.07. The van der Waals surface area contributed by atoms with Gasteiger partial charge in [0.15, 0.2) is 5.16 Å². The lowest BCUT2D eigenvalue weighted by atomic mass is 10.3. The van der Waals surface area contributed by atoms with E-state index in [0.717, 1.165) is 4.90 Å². The highest BCUT2D eigenvalue weighted by Crippen LogP contribution is 2.35. The summed E-state index contributed by atoms with van der Waals surface area (Å²) in [6.45, 7) is 3.94. The van der Waals surface area contributed by atoms with E-state index in [9.17, 15) is 0 Å². The molecule has 0 bridgehead atoms. The normalized spacial score (nSPS) is 10.6. The third kappa shape index (κ3) is 3.13. The van der Waals surface area contributed by atoms with Crippen LogP contribution in [0.15, 0.2) is 46.7 Å². The molecular formula is C13H15N3OS. The Kier molecular flexibility index (Phi) is 4.04. The van der Waals surface area contributed by atoms with Gasteiger partial charge in [0, 0.05) is 17.3 Å². The Bertz CT molecular complexity index is 517. The molecule has 0 unspecified atom stereocenters. The molecule has 1 heterocycles. The van der Waals surface area contributed by atoms with Crippen molar-refractivity contribution < 1.29 is 4.74 Å². The minimum atomic E-state index is 0.0977. The summed E-state index contributed by atoms with van der Waals surface area (Å²) in [5.74, 6) is 0.700. The molecule has 0 saturated heterocycles. The van der Waals surface area contributed by atoms with E-state index in [-0.39, 0.29) is 6.10 Å². The van der Waals surface area contributed by atoms with E-state index >= 15 is 0 Å². The second-order valence-electron chi connectivity index (χ2n) is 3.97. The summed E-state index contributed by atoms with van der Waals surface area (Å²) < 4.78 is 5.64. The first kappa shape index (κ1) is 12.7. The number of rotatable bonds is 4. The van der Waals surface area contributed by atoms with Crippen LogP contribution in [0, 0.1) is 0 Å². The molecule has 0 aliphatic rings. The summed E-state index contributed by atoms with van der Waals surface area (Å²) in [6, 6.07) is 7.50. The SMILES string of the molecule is CC(C)Oc1cccc(Sc2ncccn2)c1N. The van der Waals surface area contributed by atoms with Crippen LogP contribution in [0.2, 0.25) is 0 Å². The highest BCUT2D eigenvalue weighted by atomic mass is 32.2. The van der Waals surface area contributed by atoms with Crippen molar-refractivity contribution in [1.29, 1.82) is 0 Å². The highest BCUT2D eigenvalue weighted by Gasteiger charge is 2.09. The fourth-order valence-corrected chi connectivity index (χ4v) is 2.19. The monoisotopic (exact) mass is 261 g/mol. The quantitative estimate of drug-likeness (QED) is 0.677. The first-order chi connectivity index (χ1) is 8.66. The summed E-state index contributed by atoms with van der Waals surface area (Å²) >= 11 is 1.43. The molecule has 0 aliphatic carbocycles. The first-order valence-electron chi connectivity index (χ1n) is 5.67. The number of nitrogen functional groups attached to an aromatic ring is 1. The number of ether oxygens (including phenoxy) is 1.